The maximum absolute atomic E-state index is 12.9. The zero-order valence-corrected chi connectivity index (χ0v) is 17.6. The average molecular weight is 429 g/mol. The Bertz CT molecular complexity index is 904. The van der Waals surface area contributed by atoms with Crippen LogP contribution in [0.5, 0.6) is 0 Å². The van der Waals surface area contributed by atoms with Gasteiger partial charge >= 0.3 is 0 Å². The second-order valence-corrected chi connectivity index (χ2v) is 8.91. The summed E-state index contributed by atoms with van der Waals surface area (Å²) in [7, 11) is -3.78. The number of benzene rings is 2. The molecule has 0 bridgehead atoms. The standard InChI is InChI=1S/C19H22Cl2N2O3S/c1-4-17(14-8-6-5-7-9-14)22-19(24)13(2)23(27(3,25)26)18-12-15(20)10-11-16(18)21/h5-13,17H,4H2,1-3H3,(H,22,24)/t13-,17-/m1/s1. The zero-order valence-electron chi connectivity index (χ0n) is 15.3. The highest BCUT2D eigenvalue weighted by Crippen LogP contribution is 2.32. The summed E-state index contributed by atoms with van der Waals surface area (Å²) in [4.78, 5) is 12.9. The first-order chi connectivity index (χ1) is 12.6. The van der Waals surface area contributed by atoms with E-state index in [1.54, 1.807) is 6.07 Å². The summed E-state index contributed by atoms with van der Waals surface area (Å²) >= 11 is 12.2. The Morgan fingerprint density at radius 3 is 2.33 bits per heavy atom. The first-order valence-corrected chi connectivity index (χ1v) is 11.0. The monoisotopic (exact) mass is 428 g/mol. The summed E-state index contributed by atoms with van der Waals surface area (Å²) in [6, 6.07) is 12.8. The molecule has 27 heavy (non-hydrogen) atoms. The van der Waals surface area contributed by atoms with E-state index in [0.717, 1.165) is 16.1 Å². The summed E-state index contributed by atoms with van der Waals surface area (Å²) in [6.45, 7) is 3.47. The van der Waals surface area contributed by atoms with Crippen LogP contribution in [-0.4, -0.2) is 26.6 Å². The van der Waals surface area contributed by atoms with Crippen LogP contribution in [0.15, 0.2) is 48.5 Å². The molecule has 1 amide bonds. The second-order valence-electron chi connectivity index (χ2n) is 6.21. The van der Waals surface area contributed by atoms with Crippen molar-refractivity contribution in [2.75, 3.05) is 10.6 Å². The van der Waals surface area contributed by atoms with Crippen molar-refractivity contribution >= 4 is 44.8 Å². The molecule has 2 aromatic carbocycles. The SMILES string of the molecule is CC[C@@H](NC(=O)[C@@H](C)N(c1cc(Cl)ccc1Cl)S(C)(=O)=O)c1ccccc1. The van der Waals surface area contributed by atoms with Crippen LogP contribution in [0.25, 0.3) is 0 Å². The number of hydrogen-bond acceptors (Lipinski definition) is 3. The molecule has 2 atom stereocenters. The molecule has 0 unspecified atom stereocenters. The van der Waals surface area contributed by atoms with Gasteiger partial charge in [0.2, 0.25) is 15.9 Å². The van der Waals surface area contributed by atoms with Crippen molar-refractivity contribution in [1.29, 1.82) is 0 Å². The maximum Gasteiger partial charge on any atom is 0.244 e. The number of hydrogen-bond donors (Lipinski definition) is 1. The minimum absolute atomic E-state index is 0.169. The molecule has 0 aliphatic heterocycles. The number of halogens is 2. The third-order valence-electron chi connectivity index (χ3n) is 4.16. The maximum atomic E-state index is 12.9. The molecule has 8 heteroatoms. The minimum Gasteiger partial charge on any atom is -0.347 e. The van der Waals surface area contributed by atoms with Gasteiger partial charge < -0.3 is 5.32 Å². The van der Waals surface area contributed by atoms with E-state index in [9.17, 15) is 13.2 Å². The Kier molecular flexibility index (Phi) is 7.14. The van der Waals surface area contributed by atoms with E-state index in [-0.39, 0.29) is 16.8 Å². The lowest BCUT2D eigenvalue weighted by Crippen LogP contribution is -2.48. The summed E-state index contributed by atoms with van der Waals surface area (Å²) in [5.41, 5.74) is 1.12. The number of carbonyl (C=O) groups excluding carboxylic acids is 1. The fourth-order valence-corrected chi connectivity index (χ4v) is 4.44. The van der Waals surface area contributed by atoms with E-state index in [1.165, 1.54) is 19.1 Å². The molecule has 0 saturated heterocycles. The van der Waals surface area contributed by atoms with Crippen LogP contribution >= 0.6 is 23.2 Å². The van der Waals surface area contributed by atoms with Crippen molar-refractivity contribution in [3.05, 3.63) is 64.1 Å². The van der Waals surface area contributed by atoms with Crippen LogP contribution in [0, 0.1) is 0 Å². The van der Waals surface area contributed by atoms with Crippen molar-refractivity contribution in [3.8, 4) is 0 Å². The predicted octanol–water partition coefficient (Wildman–Crippen LogP) is 4.42. The molecular formula is C19H22Cl2N2O3S. The predicted molar refractivity (Wildman–Crippen MR) is 111 cm³/mol. The van der Waals surface area contributed by atoms with E-state index in [0.29, 0.717) is 11.4 Å². The van der Waals surface area contributed by atoms with Gasteiger partial charge in [0.25, 0.3) is 0 Å². The fourth-order valence-electron chi connectivity index (χ4n) is 2.83. The molecule has 0 radical (unpaired) electrons. The molecular weight excluding hydrogens is 407 g/mol. The lowest BCUT2D eigenvalue weighted by molar-refractivity contribution is -0.122. The third-order valence-corrected chi connectivity index (χ3v) is 5.94. The number of nitrogens with zero attached hydrogens (tertiary/aromatic N) is 1. The summed E-state index contributed by atoms with van der Waals surface area (Å²) < 4.78 is 25.8. The van der Waals surface area contributed by atoms with Crippen LogP contribution in [0.1, 0.15) is 31.9 Å². The van der Waals surface area contributed by atoms with Crippen molar-refractivity contribution in [1.82, 2.24) is 5.32 Å². The number of anilines is 1. The Hall–Kier alpha value is -1.76. The van der Waals surface area contributed by atoms with E-state index < -0.39 is 22.0 Å². The Morgan fingerprint density at radius 2 is 1.78 bits per heavy atom. The van der Waals surface area contributed by atoms with Gasteiger partial charge in [-0.2, -0.15) is 0 Å². The Balaban J connectivity index is 2.34. The van der Waals surface area contributed by atoms with Gasteiger partial charge in [-0.15, -0.1) is 0 Å². The topological polar surface area (TPSA) is 66.5 Å². The molecule has 0 aromatic heterocycles. The molecule has 0 aliphatic carbocycles. The van der Waals surface area contributed by atoms with Crippen LogP contribution in [0.2, 0.25) is 10.0 Å². The molecule has 0 aliphatic rings. The first-order valence-electron chi connectivity index (χ1n) is 8.45. The van der Waals surface area contributed by atoms with Gasteiger partial charge in [-0.3, -0.25) is 9.10 Å². The number of rotatable bonds is 7. The molecule has 2 aromatic rings. The third kappa shape index (κ3) is 5.37. The highest BCUT2D eigenvalue weighted by molar-refractivity contribution is 7.92. The van der Waals surface area contributed by atoms with Gasteiger partial charge in [-0.25, -0.2) is 8.42 Å². The highest BCUT2D eigenvalue weighted by atomic mass is 35.5. The smallest absolute Gasteiger partial charge is 0.244 e. The van der Waals surface area contributed by atoms with Crippen molar-refractivity contribution in [2.24, 2.45) is 0 Å². The molecule has 0 heterocycles. The number of sulfonamides is 1. The fraction of sp³-hybridized carbons (Fsp3) is 0.316. The van der Waals surface area contributed by atoms with Crippen molar-refractivity contribution in [2.45, 2.75) is 32.4 Å². The van der Waals surface area contributed by atoms with Crippen LogP contribution in [-0.2, 0) is 14.8 Å². The number of amides is 1. The van der Waals surface area contributed by atoms with E-state index in [1.807, 2.05) is 37.3 Å². The molecule has 5 nitrogen and oxygen atoms in total. The quantitative estimate of drug-likeness (QED) is 0.709. The normalized spacial score (nSPS) is 13.7. The summed E-state index contributed by atoms with van der Waals surface area (Å²) in [5.74, 6) is -0.424. The average Bonchev–Trinajstić information content (AvgIpc) is 2.62. The van der Waals surface area contributed by atoms with E-state index in [4.69, 9.17) is 23.2 Å². The molecule has 0 fully saturated rings. The largest absolute Gasteiger partial charge is 0.347 e. The van der Waals surface area contributed by atoms with Crippen LogP contribution < -0.4 is 9.62 Å². The lowest BCUT2D eigenvalue weighted by atomic mass is 10.0. The van der Waals surface area contributed by atoms with Gasteiger partial charge in [0.05, 0.1) is 23.0 Å². The molecule has 146 valence electrons. The van der Waals surface area contributed by atoms with Crippen molar-refractivity contribution < 1.29 is 13.2 Å². The van der Waals surface area contributed by atoms with Gasteiger partial charge in [0.15, 0.2) is 0 Å². The minimum atomic E-state index is -3.78. The van der Waals surface area contributed by atoms with E-state index in [2.05, 4.69) is 5.32 Å². The summed E-state index contributed by atoms with van der Waals surface area (Å²) in [6.07, 6.45) is 1.70. The van der Waals surface area contributed by atoms with E-state index >= 15 is 0 Å². The van der Waals surface area contributed by atoms with Gasteiger partial charge in [0, 0.05) is 5.02 Å². The second kappa shape index (κ2) is 8.95. The Morgan fingerprint density at radius 1 is 1.15 bits per heavy atom. The zero-order chi connectivity index (χ0) is 20.2. The van der Waals surface area contributed by atoms with Gasteiger partial charge in [-0.05, 0) is 37.1 Å². The molecule has 0 saturated carbocycles. The number of nitrogens with one attached hydrogen (secondary N) is 1. The molecule has 2 rings (SSSR count). The highest BCUT2D eigenvalue weighted by Gasteiger charge is 2.31. The van der Waals surface area contributed by atoms with Crippen LogP contribution in [0.3, 0.4) is 0 Å². The van der Waals surface area contributed by atoms with Crippen LogP contribution in [0.4, 0.5) is 5.69 Å². The Labute approximate surface area is 170 Å². The van der Waals surface area contributed by atoms with Gasteiger partial charge in [-0.1, -0.05) is 60.5 Å². The first kappa shape index (κ1) is 21.5. The molecule has 1 N–H and O–H groups in total. The van der Waals surface area contributed by atoms with Gasteiger partial charge in [0.1, 0.15) is 6.04 Å². The number of carbonyl (C=O) groups is 1. The molecule has 0 spiro atoms. The lowest BCUT2D eigenvalue weighted by Gasteiger charge is -2.30. The van der Waals surface area contributed by atoms with Crippen molar-refractivity contribution in [3.63, 3.8) is 0 Å². The summed E-state index contributed by atoms with van der Waals surface area (Å²) in [5, 5.41) is 3.44.